The van der Waals surface area contributed by atoms with Gasteiger partial charge in [0.1, 0.15) is 30.5 Å². The molecule has 6 unspecified atom stereocenters. The standard InChI is InChI=1S/C42H70O9/c1-3-5-7-9-11-12-13-14-15-16-17-18-19-20-21-22-23-24-25-26-28-30-32-48-34-36(50-38(44)31-29-27-10-8-6-4-2)35-49-42-41(47)40(46)39(45)37(33-43)51-42/h5,7,11-12,14-15,17-18,20-21,23-24,36-37,39-43,45-47H,3-4,6,8-10,13,16,19,22,25-35H2,1-2H3/b7-5-,12-11-,15-14-,18-17-,21-20-,24-23-. The molecule has 0 radical (unpaired) electrons. The number of hydrogen-bond acceptors (Lipinski definition) is 9. The van der Waals surface area contributed by atoms with Gasteiger partial charge in [0.2, 0.25) is 0 Å². The van der Waals surface area contributed by atoms with Crippen LogP contribution in [0.25, 0.3) is 0 Å². The number of hydrogen-bond donors (Lipinski definition) is 4. The van der Waals surface area contributed by atoms with Gasteiger partial charge in [-0.05, 0) is 64.2 Å². The molecular weight excluding hydrogens is 648 g/mol. The van der Waals surface area contributed by atoms with Gasteiger partial charge < -0.3 is 39.4 Å². The first-order valence-corrected chi connectivity index (χ1v) is 19.5. The average Bonchev–Trinajstić information content (AvgIpc) is 3.13. The van der Waals surface area contributed by atoms with E-state index in [0.717, 1.165) is 89.9 Å². The van der Waals surface area contributed by atoms with Crippen molar-refractivity contribution in [1.82, 2.24) is 0 Å². The molecule has 1 heterocycles. The predicted octanol–water partition coefficient (Wildman–Crippen LogP) is 7.74. The maximum atomic E-state index is 12.5. The van der Waals surface area contributed by atoms with Gasteiger partial charge in [0.25, 0.3) is 0 Å². The molecular formula is C42H70O9. The van der Waals surface area contributed by atoms with Crippen LogP contribution in [0.3, 0.4) is 0 Å². The largest absolute Gasteiger partial charge is 0.457 e. The Labute approximate surface area is 308 Å². The Morgan fingerprint density at radius 2 is 1.20 bits per heavy atom. The van der Waals surface area contributed by atoms with Gasteiger partial charge in [0.05, 0.1) is 19.8 Å². The number of carbonyl (C=O) groups is 1. The Morgan fingerprint density at radius 1 is 0.647 bits per heavy atom. The summed E-state index contributed by atoms with van der Waals surface area (Å²) in [4.78, 5) is 12.5. The highest BCUT2D eigenvalue weighted by Gasteiger charge is 2.44. The van der Waals surface area contributed by atoms with Crippen LogP contribution in [-0.4, -0.2) is 89.6 Å². The van der Waals surface area contributed by atoms with E-state index < -0.39 is 43.4 Å². The van der Waals surface area contributed by atoms with Crippen LogP contribution >= 0.6 is 0 Å². The third-order valence-corrected chi connectivity index (χ3v) is 8.39. The molecule has 0 aliphatic carbocycles. The third kappa shape index (κ3) is 25.3. The Balaban J connectivity index is 2.26. The van der Waals surface area contributed by atoms with Crippen molar-refractivity contribution in [2.45, 2.75) is 160 Å². The molecule has 1 fully saturated rings. The molecule has 51 heavy (non-hydrogen) atoms. The molecule has 1 rings (SSSR count). The summed E-state index contributed by atoms with van der Waals surface area (Å²) in [6.07, 6.45) is 35.3. The highest BCUT2D eigenvalue weighted by molar-refractivity contribution is 5.69. The van der Waals surface area contributed by atoms with Crippen molar-refractivity contribution in [2.24, 2.45) is 0 Å². The zero-order valence-electron chi connectivity index (χ0n) is 31.6. The summed E-state index contributed by atoms with van der Waals surface area (Å²) in [5.74, 6) is -0.340. The van der Waals surface area contributed by atoms with Gasteiger partial charge in [-0.3, -0.25) is 4.79 Å². The summed E-state index contributed by atoms with van der Waals surface area (Å²) in [6, 6.07) is 0. The lowest BCUT2D eigenvalue weighted by Crippen LogP contribution is -2.59. The quantitative estimate of drug-likeness (QED) is 0.0323. The molecule has 0 amide bonds. The molecule has 9 nitrogen and oxygen atoms in total. The molecule has 0 bridgehead atoms. The van der Waals surface area contributed by atoms with Gasteiger partial charge in [0, 0.05) is 13.0 Å². The van der Waals surface area contributed by atoms with Crippen LogP contribution in [0.1, 0.15) is 123 Å². The molecule has 0 aromatic heterocycles. The summed E-state index contributed by atoms with van der Waals surface area (Å²) in [6.45, 7) is 4.26. The van der Waals surface area contributed by atoms with E-state index >= 15 is 0 Å². The highest BCUT2D eigenvalue weighted by Crippen LogP contribution is 2.22. The molecule has 0 aromatic carbocycles. The fraction of sp³-hybridized carbons (Fsp3) is 0.690. The van der Waals surface area contributed by atoms with Crippen LogP contribution in [0.15, 0.2) is 72.9 Å². The van der Waals surface area contributed by atoms with E-state index in [-0.39, 0.29) is 19.2 Å². The van der Waals surface area contributed by atoms with E-state index in [1.807, 2.05) is 0 Å². The van der Waals surface area contributed by atoms with Crippen LogP contribution in [-0.2, 0) is 23.7 Å². The van der Waals surface area contributed by atoms with Crippen molar-refractivity contribution in [2.75, 3.05) is 26.4 Å². The summed E-state index contributed by atoms with van der Waals surface area (Å²) >= 11 is 0. The van der Waals surface area contributed by atoms with E-state index in [4.69, 9.17) is 18.9 Å². The van der Waals surface area contributed by atoms with Gasteiger partial charge in [-0.25, -0.2) is 0 Å². The topological polar surface area (TPSA) is 135 Å². The first kappa shape index (κ1) is 46.7. The van der Waals surface area contributed by atoms with Crippen LogP contribution in [0.4, 0.5) is 0 Å². The van der Waals surface area contributed by atoms with Crippen molar-refractivity contribution >= 4 is 5.97 Å². The summed E-state index contributed by atoms with van der Waals surface area (Å²) in [5, 5.41) is 39.8. The lowest BCUT2D eigenvalue weighted by atomic mass is 9.99. The van der Waals surface area contributed by atoms with E-state index in [1.54, 1.807) is 0 Å². The Kier molecular flexibility index (Phi) is 30.6. The first-order chi connectivity index (χ1) is 24.9. The highest BCUT2D eigenvalue weighted by atomic mass is 16.7. The van der Waals surface area contributed by atoms with Crippen LogP contribution < -0.4 is 0 Å². The monoisotopic (exact) mass is 719 g/mol. The van der Waals surface area contributed by atoms with Crippen molar-refractivity contribution in [3.05, 3.63) is 72.9 Å². The number of aliphatic hydroxyl groups excluding tert-OH is 4. The minimum atomic E-state index is -1.54. The molecule has 0 saturated carbocycles. The summed E-state index contributed by atoms with van der Waals surface area (Å²) < 4.78 is 22.5. The Morgan fingerprint density at radius 3 is 1.78 bits per heavy atom. The SMILES string of the molecule is CC/C=C\C/C=C\C/C=C\C/C=C\C/C=C\C/C=C\CCCCCOCC(COC1OC(CO)C(O)C(O)C1O)OC(=O)CCCCCCCC. The molecule has 0 spiro atoms. The molecule has 1 aliphatic heterocycles. The zero-order chi connectivity index (χ0) is 37.2. The van der Waals surface area contributed by atoms with Crippen LogP contribution in [0, 0.1) is 0 Å². The van der Waals surface area contributed by atoms with Crippen molar-refractivity contribution in [3.63, 3.8) is 0 Å². The first-order valence-electron chi connectivity index (χ1n) is 19.5. The molecule has 292 valence electrons. The smallest absolute Gasteiger partial charge is 0.306 e. The van der Waals surface area contributed by atoms with E-state index in [1.165, 1.54) is 12.8 Å². The second-order valence-electron chi connectivity index (χ2n) is 13.0. The van der Waals surface area contributed by atoms with Gasteiger partial charge in [-0.15, -0.1) is 0 Å². The number of carbonyl (C=O) groups excluding carboxylic acids is 1. The minimum Gasteiger partial charge on any atom is -0.457 e. The molecule has 6 atom stereocenters. The molecule has 0 aromatic rings. The van der Waals surface area contributed by atoms with Crippen LogP contribution in [0.2, 0.25) is 0 Å². The fourth-order valence-electron chi connectivity index (χ4n) is 5.32. The molecule has 1 saturated heterocycles. The van der Waals surface area contributed by atoms with E-state index in [9.17, 15) is 25.2 Å². The second kappa shape index (κ2) is 33.5. The molecule has 9 heteroatoms. The second-order valence-corrected chi connectivity index (χ2v) is 13.0. The Hall–Kier alpha value is -2.37. The normalized spacial score (nSPS) is 22.2. The zero-order valence-corrected chi connectivity index (χ0v) is 31.6. The summed E-state index contributed by atoms with van der Waals surface area (Å²) in [7, 11) is 0. The maximum Gasteiger partial charge on any atom is 0.306 e. The van der Waals surface area contributed by atoms with Crippen molar-refractivity contribution < 1.29 is 44.2 Å². The Bertz CT molecular complexity index is 1000. The minimum absolute atomic E-state index is 0.118. The summed E-state index contributed by atoms with van der Waals surface area (Å²) in [5.41, 5.74) is 0. The van der Waals surface area contributed by atoms with Gasteiger partial charge in [-0.2, -0.15) is 0 Å². The number of rotatable bonds is 31. The lowest BCUT2D eigenvalue weighted by Gasteiger charge is -2.39. The number of allylic oxidation sites excluding steroid dienone is 12. The maximum absolute atomic E-state index is 12.5. The van der Waals surface area contributed by atoms with Gasteiger partial charge >= 0.3 is 5.97 Å². The van der Waals surface area contributed by atoms with E-state index in [2.05, 4.69) is 86.8 Å². The lowest BCUT2D eigenvalue weighted by molar-refractivity contribution is -0.305. The number of ether oxygens (including phenoxy) is 4. The third-order valence-electron chi connectivity index (χ3n) is 8.39. The number of aliphatic hydroxyl groups is 4. The average molecular weight is 719 g/mol. The van der Waals surface area contributed by atoms with Crippen LogP contribution in [0.5, 0.6) is 0 Å². The predicted molar refractivity (Wildman–Crippen MR) is 205 cm³/mol. The number of esters is 1. The van der Waals surface area contributed by atoms with Gasteiger partial charge in [0.15, 0.2) is 6.29 Å². The van der Waals surface area contributed by atoms with Gasteiger partial charge in [-0.1, -0.05) is 125 Å². The number of unbranched alkanes of at least 4 members (excludes halogenated alkanes) is 8. The molecule has 1 aliphatic rings. The van der Waals surface area contributed by atoms with E-state index in [0.29, 0.717) is 13.0 Å². The van der Waals surface area contributed by atoms with Crippen molar-refractivity contribution in [1.29, 1.82) is 0 Å². The fourth-order valence-corrected chi connectivity index (χ4v) is 5.32. The van der Waals surface area contributed by atoms with Crippen molar-refractivity contribution in [3.8, 4) is 0 Å². The molecule has 4 N–H and O–H groups in total.